The first kappa shape index (κ1) is 12.9. The lowest BCUT2D eigenvalue weighted by molar-refractivity contribution is 0.413. The number of fused-ring (bicyclic) bond motifs is 1. The lowest BCUT2D eigenvalue weighted by Gasteiger charge is -2.08. The van der Waals surface area contributed by atoms with Gasteiger partial charge in [0, 0.05) is 28.2 Å². The zero-order valence-corrected chi connectivity index (χ0v) is 12.3. The van der Waals surface area contributed by atoms with Gasteiger partial charge in [-0.1, -0.05) is 0 Å². The summed E-state index contributed by atoms with van der Waals surface area (Å²) in [6.07, 6.45) is 0. The Morgan fingerprint density at radius 1 is 1.20 bits per heavy atom. The normalized spacial score (nSPS) is 10.7. The van der Waals surface area contributed by atoms with Crippen molar-refractivity contribution < 1.29 is 4.74 Å². The van der Waals surface area contributed by atoms with Gasteiger partial charge in [-0.15, -0.1) is 11.3 Å². The van der Waals surface area contributed by atoms with Crippen LogP contribution in [0.4, 0.5) is 5.69 Å². The van der Waals surface area contributed by atoms with E-state index in [9.17, 15) is 0 Å². The molecule has 0 bridgehead atoms. The molecule has 0 atom stereocenters. The van der Waals surface area contributed by atoms with Crippen LogP contribution in [0.5, 0.6) is 5.75 Å². The molecule has 0 aliphatic heterocycles. The fraction of sp³-hybridized carbons (Fsp3) is 0.188. The number of hydrogen-bond donors (Lipinski definition) is 1. The highest BCUT2D eigenvalue weighted by Gasteiger charge is 2.02. The number of nitrogens with one attached hydrogen (secondary N) is 1. The number of pyridine rings is 1. The Labute approximate surface area is 122 Å². The quantitative estimate of drug-likeness (QED) is 0.778. The molecule has 2 heterocycles. The maximum Gasteiger partial charge on any atom is 0.122 e. The van der Waals surface area contributed by atoms with Crippen molar-refractivity contribution in [3.05, 3.63) is 53.2 Å². The van der Waals surface area contributed by atoms with Gasteiger partial charge < -0.3 is 10.1 Å². The summed E-state index contributed by atoms with van der Waals surface area (Å²) in [7, 11) is 1.68. The highest BCUT2D eigenvalue weighted by atomic mass is 32.1. The zero-order valence-electron chi connectivity index (χ0n) is 11.5. The van der Waals surface area contributed by atoms with E-state index in [-0.39, 0.29) is 0 Å². The van der Waals surface area contributed by atoms with Crippen LogP contribution in [0.25, 0.3) is 10.1 Å². The second kappa shape index (κ2) is 5.51. The van der Waals surface area contributed by atoms with E-state index in [1.165, 1.54) is 10.1 Å². The molecule has 0 saturated carbocycles. The predicted octanol–water partition coefficient (Wildman–Crippen LogP) is 4.23. The highest BCUT2D eigenvalue weighted by molar-refractivity contribution is 7.17. The van der Waals surface area contributed by atoms with Crippen LogP contribution in [-0.2, 0) is 6.54 Å². The van der Waals surface area contributed by atoms with E-state index in [4.69, 9.17) is 4.74 Å². The Kier molecular flexibility index (Phi) is 3.56. The van der Waals surface area contributed by atoms with Crippen LogP contribution >= 0.6 is 11.3 Å². The number of thiophene rings is 1. The first-order valence-corrected chi connectivity index (χ1v) is 7.35. The van der Waals surface area contributed by atoms with Crippen molar-refractivity contribution in [1.82, 2.24) is 4.98 Å². The summed E-state index contributed by atoms with van der Waals surface area (Å²) in [6, 6.07) is 12.4. The van der Waals surface area contributed by atoms with E-state index in [1.807, 2.05) is 19.1 Å². The molecular formula is C16H16N2OS. The maximum atomic E-state index is 5.27. The predicted molar refractivity (Wildman–Crippen MR) is 84.7 cm³/mol. The molecule has 4 heteroatoms. The van der Waals surface area contributed by atoms with Crippen LogP contribution in [0.2, 0.25) is 0 Å². The number of aryl methyl sites for hydroxylation is 1. The number of anilines is 1. The molecule has 1 N–H and O–H groups in total. The van der Waals surface area contributed by atoms with Crippen LogP contribution in [-0.4, -0.2) is 12.1 Å². The molecule has 0 aliphatic carbocycles. The first-order valence-electron chi connectivity index (χ1n) is 6.47. The molecule has 0 fully saturated rings. The number of benzene rings is 1. The van der Waals surface area contributed by atoms with Gasteiger partial charge in [0.25, 0.3) is 0 Å². The van der Waals surface area contributed by atoms with Crippen LogP contribution in [0, 0.1) is 6.92 Å². The summed E-state index contributed by atoms with van der Waals surface area (Å²) in [5.41, 5.74) is 3.06. The molecule has 3 aromatic rings. The van der Waals surface area contributed by atoms with Crippen molar-refractivity contribution in [3.8, 4) is 5.75 Å². The molecule has 0 amide bonds. The molecule has 102 valence electrons. The van der Waals surface area contributed by atoms with E-state index >= 15 is 0 Å². The Hall–Kier alpha value is -2.07. The summed E-state index contributed by atoms with van der Waals surface area (Å²) in [5, 5.41) is 6.79. The largest absolute Gasteiger partial charge is 0.497 e. The fourth-order valence-electron chi connectivity index (χ4n) is 2.18. The third-order valence-corrected chi connectivity index (χ3v) is 4.04. The van der Waals surface area contributed by atoms with Crippen LogP contribution < -0.4 is 10.1 Å². The molecule has 0 unspecified atom stereocenters. The summed E-state index contributed by atoms with van der Waals surface area (Å²) < 4.78 is 6.58. The van der Waals surface area contributed by atoms with Crippen LogP contribution in [0.1, 0.15) is 11.4 Å². The Bertz CT molecular complexity index is 736. The minimum absolute atomic E-state index is 0.688. The number of nitrogens with zero attached hydrogens (tertiary/aromatic N) is 1. The summed E-state index contributed by atoms with van der Waals surface area (Å²) in [5.74, 6) is 0.850. The summed E-state index contributed by atoms with van der Waals surface area (Å²) in [4.78, 5) is 4.51. The Balaban J connectivity index is 1.76. The lowest BCUT2D eigenvalue weighted by atomic mass is 10.2. The molecule has 2 aromatic heterocycles. The van der Waals surface area contributed by atoms with Gasteiger partial charge >= 0.3 is 0 Å². The van der Waals surface area contributed by atoms with Crippen LogP contribution in [0.3, 0.4) is 0 Å². The Morgan fingerprint density at radius 2 is 2.10 bits per heavy atom. The van der Waals surface area contributed by atoms with Gasteiger partial charge in [-0.05, 0) is 42.0 Å². The van der Waals surface area contributed by atoms with E-state index < -0.39 is 0 Å². The molecule has 0 radical (unpaired) electrons. The molecule has 3 rings (SSSR count). The average Bonchev–Trinajstić information content (AvgIpc) is 2.92. The SMILES string of the molecule is COc1cc(C)nc(CNc2ccc3sccc3c2)c1. The van der Waals surface area contributed by atoms with E-state index in [2.05, 4.69) is 39.9 Å². The van der Waals surface area contributed by atoms with Gasteiger partial charge in [0.1, 0.15) is 5.75 Å². The summed E-state index contributed by atoms with van der Waals surface area (Å²) >= 11 is 1.76. The van der Waals surface area contributed by atoms with Crippen molar-refractivity contribution >= 4 is 27.1 Å². The van der Waals surface area contributed by atoms with E-state index in [0.29, 0.717) is 6.54 Å². The van der Waals surface area contributed by atoms with Crippen molar-refractivity contribution in [2.24, 2.45) is 0 Å². The minimum atomic E-state index is 0.688. The average molecular weight is 284 g/mol. The number of hydrogen-bond acceptors (Lipinski definition) is 4. The van der Waals surface area contributed by atoms with Gasteiger partial charge in [0.15, 0.2) is 0 Å². The van der Waals surface area contributed by atoms with Crippen molar-refractivity contribution in [2.75, 3.05) is 12.4 Å². The lowest BCUT2D eigenvalue weighted by Crippen LogP contribution is -2.03. The maximum absolute atomic E-state index is 5.27. The van der Waals surface area contributed by atoms with Crippen molar-refractivity contribution in [1.29, 1.82) is 0 Å². The molecule has 20 heavy (non-hydrogen) atoms. The number of ether oxygens (including phenoxy) is 1. The smallest absolute Gasteiger partial charge is 0.122 e. The van der Waals surface area contributed by atoms with Crippen molar-refractivity contribution in [2.45, 2.75) is 13.5 Å². The fourth-order valence-corrected chi connectivity index (χ4v) is 2.95. The van der Waals surface area contributed by atoms with Gasteiger partial charge in [-0.25, -0.2) is 0 Å². The second-order valence-corrected chi connectivity index (χ2v) is 5.61. The van der Waals surface area contributed by atoms with Gasteiger partial charge in [-0.3, -0.25) is 4.98 Å². The van der Waals surface area contributed by atoms with Crippen LogP contribution in [0.15, 0.2) is 41.8 Å². The molecule has 0 aliphatic rings. The molecular weight excluding hydrogens is 268 g/mol. The number of rotatable bonds is 4. The third kappa shape index (κ3) is 2.75. The summed E-state index contributed by atoms with van der Waals surface area (Å²) in [6.45, 7) is 2.66. The molecule has 0 spiro atoms. The Morgan fingerprint density at radius 3 is 2.95 bits per heavy atom. The minimum Gasteiger partial charge on any atom is -0.497 e. The first-order chi connectivity index (χ1) is 9.74. The molecule has 3 nitrogen and oxygen atoms in total. The molecule has 1 aromatic carbocycles. The second-order valence-electron chi connectivity index (χ2n) is 4.67. The third-order valence-electron chi connectivity index (χ3n) is 3.14. The highest BCUT2D eigenvalue weighted by Crippen LogP contribution is 2.24. The van der Waals surface area contributed by atoms with Gasteiger partial charge in [0.2, 0.25) is 0 Å². The number of methoxy groups -OCH3 is 1. The van der Waals surface area contributed by atoms with Gasteiger partial charge in [0.05, 0.1) is 19.3 Å². The van der Waals surface area contributed by atoms with Gasteiger partial charge in [-0.2, -0.15) is 0 Å². The standard InChI is InChI=1S/C16H16N2OS/c1-11-7-15(19-2)9-14(18-11)10-17-13-3-4-16-12(8-13)5-6-20-16/h3-9,17H,10H2,1-2H3. The van der Waals surface area contributed by atoms with Crippen molar-refractivity contribution in [3.63, 3.8) is 0 Å². The number of aromatic nitrogens is 1. The van der Waals surface area contributed by atoms with E-state index in [0.717, 1.165) is 22.8 Å². The van der Waals surface area contributed by atoms with E-state index in [1.54, 1.807) is 18.4 Å². The monoisotopic (exact) mass is 284 g/mol. The molecule has 0 saturated heterocycles. The topological polar surface area (TPSA) is 34.1 Å². The zero-order chi connectivity index (χ0) is 13.9.